The molecular weight excluding hydrogens is 320 g/mol. The molecule has 0 aliphatic carbocycles. The molecular formula is C10H11BrN4S2. The first-order valence-electron chi connectivity index (χ1n) is 5.19. The van der Waals surface area contributed by atoms with Crippen molar-refractivity contribution < 1.29 is 0 Å². The van der Waals surface area contributed by atoms with E-state index in [1.165, 1.54) is 23.3 Å². The Morgan fingerprint density at radius 3 is 2.82 bits per heavy atom. The van der Waals surface area contributed by atoms with Crippen LogP contribution >= 0.6 is 39.2 Å². The fourth-order valence-corrected chi connectivity index (χ4v) is 3.43. The van der Waals surface area contributed by atoms with Crippen LogP contribution in [0.3, 0.4) is 0 Å². The van der Waals surface area contributed by atoms with Crippen molar-refractivity contribution in [3.05, 3.63) is 22.3 Å². The normalized spacial score (nSPS) is 10.8. The average molecular weight is 331 g/mol. The van der Waals surface area contributed by atoms with Crippen LogP contribution in [0.1, 0.15) is 25.0 Å². The van der Waals surface area contributed by atoms with Gasteiger partial charge in [0, 0.05) is 12.5 Å². The topological polar surface area (TPSA) is 51.6 Å². The summed E-state index contributed by atoms with van der Waals surface area (Å²) in [4.78, 5) is 13.1. The van der Waals surface area contributed by atoms with E-state index >= 15 is 0 Å². The third kappa shape index (κ3) is 3.72. The Morgan fingerprint density at radius 2 is 2.18 bits per heavy atom. The highest BCUT2D eigenvalue weighted by molar-refractivity contribution is 9.10. The van der Waals surface area contributed by atoms with Crippen LogP contribution < -0.4 is 0 Å². The standard InChI is InChI=1S/C10H11BrN4S2/c1-3-4-8-13-7(11)5-9(14-8)16-10-12-6(2)15-17-10/h5H,3-4H2,1-2H3. The average Bonchev–Trinajstić information content (AvgIpc) is 2.63. The fraction of sp³-hybridized carbons (Fsp3) is 0.400. The summed E-state index contributed by atoms with van der Waals surface area (Å²) in [5.41, 5.74) is 0. The summed E-state index contributed by atoms with van der Waals surface area (Å²) in [6.07, 6.45) is 1.93. The molecule has 0 bridgehead atoms. The van der Waals surface area contributed by atoms with E-state index < -0.39 is 0 Å². The van der Waals surface area contributed by atoms with Crippen LogP contribution in [0.2, 0.25) is 0 Å². The Morgan fingerprint density at radius 1 is 1.35 bits per heavy atom. The molecule has 90 valence electrons. The van der Waals surface area contributed by atoms with Crippen LogP contribution in [0.25, 0.3) is 0 Å². The van der Waals surface area contributed by atoms with Gasteiger partial charge < -0.3 is 0 Å². The molecule has 0 saturated carbocycles. The molecule has 2 aromatic rings. The first-order chi connectivity index (χ1) is 8.17. The number of nitrogens with zero attached hydrogens (tertiary/aromatic N) is 4. The van der Waals surface area contributed by atoms with Crippen molar-refractivity contribution in [1.82, 2.24) is 19.3 Å². The van der Waals surface area contributed by atoms with Crippen molar-refractivity contribution in [1.29, 1.82) is 0 Å². The molecule has 0 amide bonds. The molecule has 0 aliphatic heterocycles. The van der Waals surface area contributed by atoms with Gasteiger partial charge in [0.1, 0.15) is 21.3 Å². The lowest BCUT2D eigenvalue weighted by molar-refractivity contribution is 0.803. The van der Waals surface area contributed by atoms with Crippen molar-refractivity contribution in [3.8, 4) is 0 Å². The highest BCUT2D eigenvalue weighted by Gasteiger charge is 2.07. The Balaban J connectivity index is 2.20. The number of hydrogen-bond donors (Lipinski definition) is 0. The lowest BCUT2D eigenvalue weighted by Gasteiger charge is -2.02. The first-order valence-corrected chi connectivity index (χ1v) is 7.57. The van der Waals surface area contributed by atoms with E-state index in [4.69, 9.17) is 0 Å². The van der Waals surface area contributed by atoms with E-state index in [1.807, 2.05) is 13.0 Å². The van der Waals surface area contributed by atoms with Crippen LogP contribution in [0, 0.1) is 6.92 Å². The zero-order valence-electron chi connectivity index (χ0n) is 9.47. The zero-order chi connectivity index (χ0) is 12.3. The molecule has 0 aliphatic rings. The number of hydrogen-bond acceptors (Lipinski definition) is 6. The molecule has 0 atom stereocenters. The van der Waals surface area contributed by atoms with Gasteiger partial charge in [-0.25, -0.2) is 15.0 Å². The summed E-state index contributed by atoms with van der Waals surface area (Å²) in [7, 11) is 0. The van der Waals surface area contributed by atoms with Gasteiger partial charge in [-0.05, 0) is 52.6 Å². The van der Waals surface area contributed by atoms with E-state index in [1.54, 1.807) is 0 Å². The summed E-state index contributed by atoms with van der Waals surface area (Å²) < 4.78 is 5.88. The van der Waals surface area contributed by atoms with Crippen LogP contribution in [-0.2, 0) is 6.42 Å². The molecule has 0 radical (unpaired) electrons. The van der Waals surface area contributed by atoms with Crippen molar-refractivity contribution >= 4 is 39.2 Å². The van der Waals surface area contributed by atoms with Crippen molar-refractivity contribution in [2.45, 2.75) is 36.1 Å². The smallest absolute Gasteiger partial charge is 0.176 e. The van der Waals surface area contributed by atoms with Crippen LogP contribution in [0.15, 0.2) is 20.0 Å². The molecule has 0 saturated heterocycles. The second-order valence-corrected chi connectivity index (χ2v) is 6.24. The predicted octanol–water partition coefficient (Wildman–Crippen LogP) is 3.50. The summed E-state index contributed by atoms with van der Waals surface area (Å²) in [6.45, 7) is 4.00. The molecule has 7 heteroatoms. The molecule has 0 unspecified atom stereocenters. The maximum atomic E-state index is 4.49. The minimum Gasteiger partial charge on any atom is -0.226 e. The zero-order valence-corrected chi connectivity index (χ0v) is 12.7. The van der Waals surface area contributed by atoms with Crippen LogP contribution in [-0.4, -0.2) is 19.3 Å². The van der Waals surface area contributed by atoms with Gasteiger partial charge in [0.05, 0.1) is 0 Å². The number of rotatable bonds is 4. The van der Waals surface area contributed by atoms with Gasteiger partial charge in [-0.1, -0.05) is 6.92 Å². The lowest BCUT2D eigenvalue weighted by Crippen LogP contribution is -1.96. The molecule has 4 nitrogen and oxygen atoms in total. The third-order valence-electron chi connectivity index (χ3n) is 1.89. The molecule has 2 heterocycles. The molecule has 2 rings (SSSR count). The van der Waals surface area contributed by atoms with Crippen LogP contribution in [0.5, 0.6) is 0 Å². The lowest BCUT2D eigenvalue weighted by atomic mass is 10.3. The van der Waals surface area contributed by atoms with Gasteiger partial charge in [0.2, 0.25) is 0 Å². The largest absolute Gasteiger partial charge is 0.226 e. The molecule has 0 fully saturated rings. The van der Waals surface area contributed by atoms with Gasteiger partial charge >= 0.3 is 0 Å². The quantitative estimate of drug-likeness (QED) is 0.803. The van der Waals surface area contributed by atoms with Gasteiger partial charge in [0.25, 0.3) is 0 Å². The van der Waals surface area contributed by atoms with Gasteiger partial charge in [-0.3, -0.25) is 0 Å². The van der Waals surface area contributed by atoms with Gasteiger partial charge in [-0.2, -0.15) is 4.37 Å². The summed E-state index contributed by atoms with van der Waals surface area (Å²) in [5, 5.41) is 0.909. The highest BCUT2D eigenvalue weighted by atomic mass is 79.9. The molecule has 0 spiro atoms. The van der Waals surface area contributed by atoms with Crippen molar-refractivity contribution in [3.63, 3.8) is 0 Å². The monoisotopic (exact) mass is 330 g/mol. The Hall–Kier alpha value is -0.530. The maximum absolute atomic E-state index is 4.49. The fourth-order valence-electron chi connectivity index (χ4n) is 1.24. The Bertz CT molecular complexity index is 515. The highest BCUT2D eigenvalue weighted by Crippen LogP contribution is 2.28. The molecule has 2 aromatic heterocycles. The Labute approximate surface area is 117 Å². The van der Waals surface area contributed by atoms with E-state index in [0.717, 1.165) is 38.5 Å². The number of aryl methyl sites for hydroxylation is 2. The molecule has 0 aromatic carbocycles. The van der Waals surface area contributed by atoms with Gasteiger partial charge in [-0.15, -0.1) is 0 Å². The Kier molecular flexibility index (Phi) is 4.47. The number of halogens is 1. The van der Waals surface area contributed by atoms with Crippen molar-refractivity contribution in [2.75, 3.05) is 0 Å². The SMILES string of the molecule is CCCc1nc(Br)cc(Sc2nc(C)ns2)n1. The van der Waals surface area contributed by atoms with E-state index in [0.29, 0.717) is 0 Å². The minimum absolute atomic E-state index is 0.805. The number of aromatic nitrogens is 4. The second-order valence-electron chi connectivity index (χ2n) is 3.40. The van der Waals surface area contributed by atoms with E-state index in [2.05, 4.69) is 42.2 Å². The first kappa shape index (κ1) is 12.9. The predicted molar refractivity (Wildman–Crippen MR) is 72.5 cm³/mol. The summed E-state index contributed by atoms with van der Waals surface area (Å²) in [6, 6.07) is 1.90. The maximum Gasteiger partial charge on any atom is 0.176 e. The summed E-state index contributed by atoms with van der Waals surface area (Å²) >= 11 is 6.33. The molecule has 0 N–H and O–H groups in total. The minimum atomic E-state index is 0.805. The van der Waals surface area contributed by atoms with Gasteiger partial charge in [0.15, 0.2) is 4.34 Å². The van der Waals surface area contributed by atoms with E-state index in [9.17, 15) is 0 Å². The van der Waals surface area contributed by atoms with E-state index in [-0.39, 0.29) is 0 Å². The van der Waals surface area contributed by atoms with Crippen molar-refractivity contribution in [2.24, 2.45) is 0 Å². The second kappa shape index (κ2) is 5.88. The summed E-state index contributed by atoms with van der Waals surface area (Å²) in [5.74, 6) is 1.67. The van der Waals surface area contributed by atoms with Crippen LogP contribution in [0.4, 0.5) is 0 Å². The third-order valence-corrected chi connectivity index (χ3v) is 4.06. The molecule has 17 heavy (non-hydrogen) atoms.